The SMILES string of the molecule is COc1cc(C)c(C2CC(C(=O)O)CN2)c(C)c1Br. The van der Waals surface area contributed by atoms with E-state index in [0.29, 0.717) is 13.0 Å². The molecule has 0 bridgehead atoms. The van der Waals surface area contributed by atoms with Crippen LogP contribution < -0.4 is 10.1 Å². The highest BCUT2D eigenvalue weighted by Gasteiger charge is 2.32. The molecule has 1 fully saturated rings. The Morgan fingerprint density at radius 3 is 2.74 bits per heavy atom. The summed E-state index contributed by atoms with van der Waals surface area (Å²) in [6.07, 6.45) is 0.635. The van der Waals surface area contributed by atoms with E-state index in [2.05, 4.69) is 21.2 Å². The molecule has 0 spiro atoms. The van der Waals surface area contributed by atoms with Crippen LogP contribution in [0.1, 0.15) is 29.2 Å². The number of benzene rings is 1. The van der Waals surface area contributed by atoms with E-state index in [-0.39, 0.29) is 12.0 Å². The Hall–Kier alpha value is -1.07. The number of nitrogens with one attached hydrogen (secondary N) is 1. The highest BCUT2D eigenvalue weighted by Crippen LogP contribution is 2.39. The van der Waals surface area contributed by atoms with Gasteiger partial charge in [0.1, 0.15) is 5.75 Å². The number of hydrogen-bond donors (Lipinski definition) is 2. The average Bonchev–Trinajstić information content (AvgIpc) is 2.83. The number of ether oxygens (including phenoxy) is 1. The van der Waals surface area contributed by atoms with Gasteiger partial charge in [0.25, 0.3) is 0 Å². The molecule has 5 heteroatoms. The Labute approximate surface area is 121 Å². The molecule has 1 aromatic rings. The maximum absolute atomic E-state index is 11.0. The largest absolute Gasteiger partial charge is 0.496 e. The summed E-state index contributed by atoms with van der Waals surface area (Å²) in [6, 6.07) is 2.09. The number of carbonyl (C=O) groups is 1. The van der Waals surface area contributed by atoms with Crippen molar-refractivity contribution >= 4 is 21.9 Å². The van der Waals surface area contributed by atoms with E-state index in [9.17, 15) is 4.79 Å². The molecule has 0 saturated carbocycles. The van der Waals surface area contributed by atoms with Crippen LogP contribution in [0.4, 0.5) is 0 Å². The van der Waals surface area contributed by atoms with E-state index >= 15 is 0 Å². The van der Waals surface area contributed by atoms with Gasteiger partial charge in [-0.05, 0) is 59.0 Å². The van der Waals surface area contributed by atoms with Gasteiger partial charge in [0.15, 0.2) is 0 Å². The maximum Gasteiger partial charge on any atom is 0.307 e. The van der Waals surface area contributed by atoms with Crippen LogP contribution in [-0.4, -0.2) is 24.7 Å². The minimum absolute atomic E-state index is 0.100. The van der Waals surface area contributed by atoms with Gasteiger partial charge < -0.3 is 15.2 Å². The van der Waals surface area contributed by atoms with Crippen molar-refractivity contribution in [1.82, 2.24) is 5.32 Å². The third kappa shape index (κ3) is 2.62. The molecule has 0 aliphatic carbocycles. The van der Waals surface area contributed by atoms with Crippen molar-refractivity contribution in [3.63, 3.8) is 0 Å². The summed E-state index contributed by atoms with van der Waals surface area (Å²) in [6.45, 7) is 4.60. The molecule has 2 unspecified atom stereocenters. The van der Waals surface area contributed by atoms with Crippen LogP contribution in [0.25, 0.3) is 0 Å². The van der Waals surface area contributed by atoms with Crippen LogP contribution in [0.15, 0.2) is 10.5 Å². The number of carboxylic acids is 1. The smallest absolute Gasteiger partial charge is 0.307 e. The first-order valence-corrected chi connectivity index (χ1v) is 7.04. The monoisotopic (exact) mass is 327 g/mol. The standard InChI is InChI=1S/C14H18BrNO3/c1-7-4-11(19-3)13(15)8(2)12(7)10-5-9(6-16-10)14(17)18/h4,9-10,16H,5-6H2,1-3H3,(H,17,18). The van der Waals surface area contributed by atoms with Crippen LogP contribution in [0, 0.1) is 19.8 Å². The molecular formula is C14H18BrNO3. The Morgan fingerprint density at radius 2 is 2.21 bits per heavy atom. The van der Waals surface area contributed by atoms with Gasteiger partial charge >= 0.3 is 5.97 Å². The molecule has 1 heterocycles. The predicted octanol–water partition coefficient (Wildman–Crippen LogP) is 2.81. The van der Waals surface area contributed by atoms with Gasteiger partial charge in [-0.3, -0.25) is 4.79 Å². The van der Waals surface area contributed by atoms with Crippen molar-refractivity contribution < 1.29 is 14.6 Å². The molecule has 0 amide bonds. The molecule has 1 aliphatic rings. The first-order valence-electron chi connectivity index (χ1n) is 6.25. The molecule has 0 radical (unpaired) electrons. The number of rotatable bonds is 3. The third-order valence-corrected chi connectivity index (χ3v) is 4.76. The molecule has 19 heavy (non-hydrogen) atoms. The second kappa shape index (κ2) is 5.51. The average molecular weight is 328 g/mol. The van der Waals surface area contributed by atoms with Gasteiger partial charge in [-0.15, -0.1) is 0 Å². The summed E-state index contributed by atoms with van der Waals surface area (Å²) in [5.74, 6) is -0.214. The summed E-state index contributed by atoms with van der Waals surface area (Å²) in [5, 5.41) is 12.4. The van der Waals surface area contributed by atoms with E-state index in [0.717, 1.165) is 21.3 Å². The zero-order valence-electron chi connectivity index (χ0n) is 11.3. The molecule has 0 aromatic heterocycles. The Kier molecular flexibility index (Phi) is 4.16. The molecule has 1 saturated heterocycles. The second-order valence-corrected chi connectivity index (χ2v) is 5.77. The molecule has 2 rings (SSSR count). The van der Waals surface area contributed by atoms with Gasteiger partial charge in [-0.25, -0.2) is 0 Å². The van der Waals surface area contributed by atoms with E-state index < -0.39 is 5.97 Å². The second-order valence-electron chi connectivity index (χ2n) is 4.98. The lowest BCUT2D eigenvalue weighted by molar-refractivity contribution is -0.141. The Bertz CT molecular complexity index is 516. The fraction of sp³-hybridized carbons (Fsp3) is 0.500. The molecule has 104 valence electrons. The Morgan fingerprint density at radius 1 is 1.53 bits per heavy atom. The molecule has 1 aromatic carbocycles. The summed E-state index contributed by atoms with van der Waals surface area (Å²) in [5.41, 5.74) is 3.41. The number of carboxylic acid groups (broad SMARTS) is 1. The van der Waals surface area contributed by atoms with E-state index in [1.807, 2.05) is 19.9 Å². The number of hydrogen-bond acceptors (Lipinski definition) is 3. The maximum atomic E-state index is 11.0. The van der Waals surface area contributed by atoms with Gasteiger partial charge in [0.05, 0.1) is 17.5 Å². The Balaban J connectivity index is 2.36. The van der Waals surface area contributed by atoms with Gasteiger partial charge in [0.2, 0.25) is 0 Å². The number of halogens is 1. The molecule has 2 atom stereocenters. The van der Waals surface area contributed by atoms with Crippen molar-refractivity contribution in [2.75, 3.05) is 13.7 Å². The van der Waals surface area contributed by atoms with Crippen LogP contribution in [-0.2, 0) is 4.79 Å². The third-order valence-electron chi connectivity index (χ3n) is 3.77. The van der Waals surface area contributed by atoms with E-state index in [4.69, 9.17) is 9.84 Å². The normalized spacial score (nSPS) is 22.5. The molecule has 1 aliphatic heterocycles. The lowest BCUT2D eigenvalue weighted by Crippen LogP contribution is -2.18. The summed E-state index contributed by atoms with van der Waals surface area (Å²) >= 11 is 3.55. The fourth-order valence-electron chi connectivity index (χ4n) is 2.76. The molecule has 4 nitrogen and oxygen atoms in total. The predicted molar refractivity (Wildman–Crippen MR) is 76.7 cm³/mol. The van der Waals surface area contributed by atoms with Crippen LogP contribution >= 0.6 is 15.9 Å². The zero-order valence-corrected chi connectivity index (χ0v) is 12.9. The summed E-state index contributed by atoms with van der Waals surface area (Å²) in [4.78, 5) is 11.0. The summed E-state index contributed by atoms with van der Waals surface area (Å²) in [7, 11) is 1.65. The minimum Gasteiger partial charge on any atom is -0.496 e. The fourth-order valence-corrected chi connectivity index (χ4v) is 3.25. The highest BCUT2D eigenvalue weighted by molar-refractivity contribution is 9.10. The quantitative estimate of drug-likeness (QED) is 0.896. The van der Waals surface area contributed by atoms with E-state index in [1.54, 1.807) is 7.11 Å². The van der Waals surface area contributed by atoms with Crippen molar-refractivity contribution in [2.24, 2.45) is 5.92 Å². The lowest BCUT2D eigenvalue weighted by Gasteiger charge is -2.20. The van der Waals surface area contributed by atoms with Crippen LogP contribution in [0.2, 0.25) is 0 Å². The number of methoxy groups -OCH3 is 1. The highest BCUT2D eigenvalue weighted by atomic mass is 79.9. The minimum atomic E-state index is -0.724. The van der Waals surface area contributed by atoms with Crippen molar-refractivity contribution in [2.45, 2.75) is 26.3 Å². The first kappa shape index (κ1) is 14.3. The molecule has 2 N–H and O–H groups in total. The van der Waals surface area contributed by atoms with Gasteiger partial charge in [-0.1, -0.05) is 0 Å². The van der Waals surface area contributed by atoms with Crippen molar-refractivity contribution in [3.05, 3.63) is 27.2 Å². The number of aliphatic carboxylic acids is 1. The van der Waals surface area contributed by atoms with Crippen molar-refractivity contribution in [3.8, 4) is 5.75 Å². The lowest BCUT2D eigenvalue weighted by atomic mass is 9.92. The van der Waals surface area contributed by atoms with Crippen LogP contribution in [0.3, 0.4) is 0 Å². The van der Waals surface area contributed by atoms with Crippen LogP contribution in [0.5, 0.6) is 5.75 Å². The molecular weight excluding hydrogens is 310 g/mol. The van der Waals surface area contributed by atoms with E-state index in [1.165, 1.54) is 5.56 Å². The zero-order chi connectivity index (χ0) is 14.2. The van der Waals surface area contributed by atoms with Gasteiger partial charge in [0, 0.05) is 12.6 Å². The van der Waals surface area contributed by atoms with Gasteiger partial charge in [-0.2, -0.15) is 0 Å². The topological polar surface area (TPSA) is 58.6 Å². The van der Waals surface area contributed by atoms with Crippen molar-refractivity contribution in [1.29, 1.82) is 0 Å². The summed E-state index contributed by atoms with van der Waals surface area (Å²) < 4.78 is 6.26. The number of aryl methyl sites for hydroxylation is 1. The first-order chi connectivity index (χ1) is 8.95.